The molecule has 0 aliphatic carbocycles. The Morgan fingerprint density at radius 1 is 1.18 bits per heavy atom. The van der Waals surface area contributed by atoms with Crippen LogP contribution in [0.4, 0.5) is 4.39 Å². The first-order valence-corrected chi connectivity index (χ1v) is 7.28. The molecule has 0 unspecified atom stereocenters. The van der Waals surface area contributed by atoms with Crippen molar-refractivity contribution < 1.29 is 19.1 Å². The van der Waals surface area contributed by atoms with Crippen molar-refractivity contribution in [3.63, 3.8) is 0 Å². The van der Waals surface area contributed by atoms with Gasteiger partial charge in [0.15, 0.2) is 0 Å². The topological polar surface area (TPSA) is 66.4 Å². The van der Waals surface area contributed by atoms with Crippen molar-refractivity contribution >= 4 is 27.8 Å². The minimum Gasteiger partial charge on any atom is -0.480 e. The van der Waals surface area contributed by atoms with Gasteiger partial charge in [0.1, 0.15) is 11.9 Å². The highest BCUT2D eigenvalue weighted by Crippen LogP contribution is 2.12. The average molecular weight is 366 g/mol. The number of amides is 1. The maximum absolute atomic E-state index is 12.9. The number of carboxylic acids is 1. The molecule has 2 N–H and O–H groups in total. The predicted octanol–water partition coefficient (Wildman–Crippen LogP) is 3.01. The second-order valence-electron chi connectivity index (χ2n) is 4.71. The molecule has 0 aliphatic rings. The summed E-state index contributed by atoms with van der Waals surface area (Å²) in [6, 6.07) is 11.1. The van der Waals surface area contributed by atoms with Crippen molar-refractivity contribution in [3.8, 4) is 0 Å². The first-order chi connectivity index (χ1) is 10.5. The van der Waals surface area contributed by atoms with Gasteiger partial charge in [-0.2, -0.15) is 0 Å². The zero-order valence-corrected chi connectivity index (χ0v) is 13.0. The lowest BCUT2D eigenvalue weighted by Gasteiger charge is -2.15. The van der Waals surface area contributed by atoms with Crippen LogP contribution in [0.15, 0.2) is 53.0 Å². The van der Waals surface area contributed by atoms with E-state index in [9.17, 15) is 19.1 Å². The maximum Gasteiger partial charge on any atom is 0.326 e. The van der Waals surface area contributed by atoms with Gasteiger partial charge in [0.05, 0.1) is 0 Å². The standard InChI is InChI=1S/C16H13BrFNO3/c17-12-3-1-2-11(9-12)15(20)19-14(16(21)22)8-10-4-6-13(18)7-5-10/h1-7,9,14H,8H2,(H,19,20)(H,21,22)/t14-/m0/s1. The number of carboxylic acid groups (broad SMARTS) is 1. The van der Waals surface area contributed by atoms with E-state index in [2.05, 4.69) is 21.2 Å². The molecule has 22 heavy (non-hydrogen) atoms. The maximum atomic E-state index is 12.9. The van der Waals surface area contributed by atoms with Crippen molar-refractivity contribution in [1.29, 1.82) is 0 Å². The van der Waals surface area contributed by atoms with Crippen LogP contribution in [-0.4, -0.2) is 23.0 Å². The van der Waals surface area contributed by atoms with Gasteiger partial charge in [-0.1, -0.05) is 34.1 Å². The molecule has 0 aromatic heterocycles. The van der Waals surface area contributed by atoms with Crippen LogP contribution < -0.4 is 5.32 Å². The fourth-order valence-corrected chi connectivity index (χ4v) is 2.33. The molecule has 0 radical (unpaired) electrons. The molecule has 0 heterocycles. The number of carbonyl (C=O) groups is 2. The van der Waals surface area contributed by atoms with Crippen LogP contribution in [0, 0.1) is 5.82 Å². The first-order valence-electron chi connectivity index (χ1n) is 6.49. The fourth-order valence-electron chi connectivity index (χ4n) is 1.93. The van der Waals surface area contributed by atoms with Crippen LogP contribution in [0.1, 0.15) is 15.9 Å². The average Bonchev–Trinajstić information content (AvgIpc) is 2.48. The molecule has 0 bridgehead atoms. The van der Waals surface area contributed by atoms with Crippen LogP contribution in [0.25, 0.3) is 0 Å². The molecular formula is C16H13BrFNO3. The summed E-state index contributed by atoms with van der Waals surface area (Å²) in [6.07, 6.45) is 0.0787. The molecule has 0 spiro atoms. The van der Waals surface area contributed by atoms with Gasteiger partial charge in [-0.25, -0.2) is 9.18 Å². The number of aliphatic carboxylic acids is 1. The Kier molecular flexibility index (Phi) is 5.27. The zero-order chi connectivity index (χ0) is 16.1. The second kappa shape index (κ2) is 7.17. The van der Waals surface area contributed by atoms with Crippen LogP contribution >= 0.6 is 15.9 Å². The fraction of sp³-hybridized carbons (Fsp3) is 0.125. The lowest BCUT2D eigenvalue weighted by atomic mass is 10.1. The lowest BCUT2D eigenvalue weighted by Crippen LogP contribution is -2.42. The Labute approximate surface area is 135 Å². The molecule has 0 fully saturated rings. The van der Waals surface area contributed by atoms with Crippen LogP contribution in [0.2, 0.25) is 0 Å². The molecule has 0 aliphatic heterocycles. The Bertz CT molecular complexity index is 688. The van der Waals surface area contributed by atoms with Gasteiger partial charge in [-0.05, 0) is 35.9 Å². The van der Waals surface area contributed by atoms with Crippen molar-refractivity contribution in [2.75, 3.05) is 0 Å². The summed E-state index contributed by atoms with van der Waals surface area (Å²) in [6.45, 7) is 0. The molecule has 2 rings (SSSR count). The Balaban J connectivity index is 2.10. The van der Waals surface area contributed by atoms with E-state index in [-0.39, 0.29) is 6.42 Å². The van der Waals surface area contributed by atoms with Crippen molar-refractivity contribution in [2.24, 2.45) is 0 Å². The van der Waals surface area contributed by atoms with Crippen molar-refractivity contribution in [2.45, 2.75) is 12.5 Å². The Morgan fingerprint density at radius 2 is 1.86 bits per heavy atom. The highest BCUT2D eigenvalue weighted by Gasteiger charge is 2.21. The van der Waals surface area contributed by atoms with Gasteiger partial charge in [0, 0.05) is 16.5 Å². The zero-order valence-electron chi connectivity index (χ0n) is 11.4. The van der Waals surface area contributed by atoms with E-state index in [4.69, 9.17) is 0 Å². The predicted molar refractivity (Wildman–Crippen MR) is 83.1 cm³/mol. The Hall–Kier alpha value is -2.21. The van der Waals surface area contributed by atoms with Crippen molar-refractivity contribution in [1.82, 2.24) is 5.32 Å². The molecule has 2 aromatic rings. The highest BCUT2D eigenvalue weighted by molar-refractivity contribution is 9.10. The van der Waals surface area contributed by atoms with Gasteiger partial charge in [0.2, 0.25) is 0 Å². The largest absolute Gasteiger partial charge is 0.480 e. The molecule has 1 atom stereocenters. The molecule has 1 amide bonds. The van der Waals surface area contributed by atoms with E-state index >= 15 is 0 Å². The van der Waals surface area contributed by atoms with Gasteiger partial charge < -0.3 is 10.4 Å². The van der Waals surface area contributed by atoms with Crippen LogP contribution in [0.5, 0.6) is 0 Å². The Morgan fingerprint density at radius 3 is 2.45 bits per heavy atom. The van der Waals surface area contributed by atoms with Gasteiger partial charge in [0.25, 0.3) is 5.91 Å². The molecule has 0 saturated carbocycles. The lowest BCUT2D eigenvalue weighted by molar-refractivity contribution is -0.139. The van der Waals surface area contributed by atoms with E-state index in [0.717, 1.165) is 4.47 Å². The monoisotopic (exact) mass is 365 g/mol. The van der Waals surface area contributed by atoms with Gasteiger partial charge in [-0.15, -0.1) is 0 Å². The quantitative estimate of drug-likeness (QED) is 0.855. The van der Waals surface area contributed by atoms with Crippen LogP contribution in [-0.2, 0) is 11.2 Å². The van der Waals surface area contributed by atoms with E-state index in [0.29, 0.717) is 11.1 Å². The summed E-state index contributed by atoms with van der Waals surface area (Å²) < 4.78 is 13.6. The summed E-state index contributed by atoms with van der Waals surface area (Å²) >= 11 is 3.25. The number of hydrogen-bond donors (Lipinski definition) is 2. The number of benzene rings is 2. The number of halogens is 2. The summed E-state index contributed by atoms with van der Waals surface area (Å²) in [4.78, 5) is 23.4. The van der Waals surface area contributed by atoms with E-state index in [1.54, 1.807) is 24.3 Å². The number of hydrogen-bond acceptors (Lipinski definition) is 2. The molecule has 0 saturated heterocycles. The van der Waals surface area contributed by atoms with E-state index < -0.39 is 23.7 Å². The third-order valence-corrected chi connectivity index (χ3v) is 3.54. The minimum absolute atomic E-state index is 0.0787. The third kappa shape index (κ3) is 4.39. The molecule has 2 aromatic carbocycles. The van der Waals surface area contributed by atoms with Gasteiger partial charge >= 0.3 is 5.97 Å². The minimum atomic E-state index is -1.15. The van der Waals surface area contributed by atoms with E-state index in [1.807, 2.05) is 0 Å². The van der Waals surface area contributed by atoms with Crippen LogP contribution in [0.3, 0.4) is 0 Å². The SMILES string of the molecule is O=C(N[C@@H](Cc1ccc(F)cc1)C(=O)O)c1cccc(Br)c1. The summed E-state index contributed by atoms with van der Waals surface area (Å²) in [5, 5.41) is 11.7. The smallest absolute Gasteiger partial charge is 0.326 e. The number of carbonyl (C=O) groups excluding carboxylic acids is 1. The van der Waals surface area contributed by atoms with E-state index in [1.165, 1.54) is 24.3 Å². The normalized spacial score (nSPS) is 11.7. The summed E-state index contributed by atoms with van der Waals surface area (Å²) in [7, 11) is 0. The molecule has 4 nitrogen and oxygen atoms in total. The first kappa shape index (κ1) is 16.2. The third-order valence-electron chi connectivity index (χ3n) is 3.04. The number of nitrogens with one attached hydrogen (secondary N) is 1. The van der Waals surface area contributed by atoms with Gasteiger partial charge in [-0.3, -0.25) is 4.79 Å². The highest BCUT2D eigenvalue weighted by atomic mass is 79.9. The molecule has 114 valence electrons. The summed E-state index contributed by atoms with van der Waals surface area (Å²) in [5.74, 6) is -2.02. The molecular weight excluding hydrogens is 353 g/mol. The number of rotatable bonds is 5. The summed E-state index contributed by atoms with van der Waals surface area (Å²) in [5.41, 5.74) is 0.989. The van der Waals surface area contributed by atoms with Crippen molar-refractivity contribution in [3.05, 3.63) is 69.9 Å². The molecule has 6 heteroatoms. The second-order valence-corrected chi connectivity index (χ2v) is 5.62.